The molecule has 0 radical (unpaired) electrons. The molecule has 2 aliphatic heterocycles. The number of nitrogen functional groups attached to an aromatic ring is 1. The van der Waals surface area contributed by atoms with E-state index in [1.807, 2.05) is 13.8 Å². The zero-order valence-electron chi connectivity index (χ0n) is 17.1. The van der Waals surface area contributed by atoms with Gasteiger partial charge < -0.3 is 30.4 Å². The minimum atomic E-state index is -0.814. The van der Waals surface area contributed by atoms with Crippen LogP contribution in [0.3, 0.4) is 0 Å². The van der Waals surface area contributed by atoms with E-state index in [1.165, 1.54) is 30.5 Å². The number of nitrogens with one attached hydrogen (secondary N) is 1. The van der Waals surface area contributed by atoms with Crippen LogP contribution in [0.1, 0.15) is 30.4 Å². The predicted octanol–water partition coefficient (Wildman–Crippen LogP) is -0.636. The highest BCUT2D eigenvalue weighted by Gasteiger charge is 2.56. The Hall–Kier alpha value is -3.13. The Labute approximate surface area is 176 Å². The third kappa shape index (κ3) is 3.13. The summed E-state index contributed by atoms with van der Waals surface area (Å²) >= 11 is 0. The van der Waals surface area contributed by atoms with Crippen molar-refractivity contribution >= 4 is 22.9 Å². The van der Waals surface area contributed by atoms with Gasteiger partial charge in [0.05, 0.1) is 24.7 Å². The molecule has 31 heavy (non-hydrogen) atoms. The Balaban J connectivity index is 1.56. The second-order valence-electron chi connectivity index (χ2n) is 7.80. The molecule has 0 aliphatic carbocycles. The van der Waals surface area contributed by atoms with Crippen LogP contribution >= 0.6 is 0 Å². The van der Waals surface area contributed by atoms with Crippen molar-refractivity contribution < 1.29 is 24.1 Å². The highest BCUT2D eigenvalue weighted by atomic mass is 16.8. The zero-order chi connectivity index (χ0) is 21.9. The Morgan fingerprint density at radius 2 is 2.10 bits per heavy atom. The molecule has 13 nitrogen and oxygen atoms in total. The van der Waals surface area contributed by atoms with Gasteiger partial charge in [-0.1, -0.05) is 0 Å². The summed E-state index contributed by atoms with van der Waals surface area (Å²) in [6.45, 7) is 3.40. The van der Waals surface area contributed by atoms with Crippen molar-refractivity contribution in [2.75, 3.05) is 19.4 Å². The second kappa shape index (κ2) is 6.95. The maximum Gasteiger partial charge on any atom is 0.254 e. The van der Waals surface area contributed by atoms with E-state index in [0.29, 0.717) is 16.7 Å². The third-order valence-electron chi connectivity index (χ3n) is 5.29. The van der Waals surface area contributed by atoms with Gasteiger partial charge in [-0.2, -0.15) is 15.1 Å². The quantitative estimate of drug-likeness (QED) is 0.485. The number of fused-ring (bicyclic) bond motifs is 2. The monoisotopic (exact) mass is 430 g/mol. The van der Waals surface area contributed by atoms with Gasteiger partial charge >= 0.3 is 0 Å². The van der Waals surface area contributed by atoms with E-state index >= 15 is 0 Å². The Kier molecular flexibility index (Phi) is 4.44. The van der Waals surface area contributed by atoms with Crippen LogP contribution in [0, 0.1) is 0 Å². The van der Waals surface area contributed by atoms with Crippen LogP contribution in [0.5, 0.6) is 0 Å². The van der Waals surface area contributed by atoms with Crippen molar-refractivity contribution in [1.82, 2.24) is 34.6 Å². The van der Waals surface area contributed by atoms with Crippen LogP contribution in [0.25, 0.3) is 17.1 Å². The van der Waals surface area contributed by atoms with Gasteiger partial charge in [-0.25, -0.2) is 9.67 Å². The van der Waals surface area contributed by atoms with E-state index < -0.39 is 30.3 Å². The molecule has 4 atom stereocenters. The molecule has 2 aliphatic rings. The molecule has 0 bridgehead atoms. The molecule has 0 saturated carbocycles. The van der Waals surface area contributed by atoms with Gasteiger partial charge in [0, 0.05) is 13.2 Å². The van der Waals surface area contributed by atoms with Crippen molar-refractivity contribution in [1.29, 1.82) is 0 Å². The summed E-state index contributed by atoms with van der Waals surface area (Å²) in [7, 11) is 1.53. The summed E-state index contributed by atoms with van der Waals surface area (Å²) in [5.74, 6) is -0.787. The molecule has 164 valence electrons. The van der Waals surface area contributed by atoms with Gasteiger partial charge in [0.25, 0.3) is 11.9 Å². The predicted molar refractivity (Wildman–Crippen MR) is 105 cm³/mol. The average molecular weight is 430 g/mol. The molecule has 2 fully saturated rings. The number of amides is 1. The minimum Gasteiger partial charge on any atom is -0.394 e. The van der Waals surface area contributed by atoms with Gasteiger partial charge in [0.1, 0.15) is 23.8 Å². The first-order valence-electron chi connectivity index (χ1n) is 9.70. The van der Waals surface area contributed by atoms with Gasteiger partial charge in [0.15, 0.2) is 23.5 Å². The standard InChI is InChI=1S/C18H22N8O5/c1-18(2)30-11-9(6-27)29-16(12(11)31-18)25-7-21-10-13(19)23-17(24-14(10)25)26-5-8(4-22-26)15(28)20-3/h4-5,7,9,11-12,16,27H,6H2,1-3H3,(H,20,28)(H2,19,23,24)/t9-,11?,12+,16-/m1/s1. The summed E-state index contributed by atoms with van der Waals surface area (Å²) in [6, 6.07) is 0. The maximum atomic E-state index is 11.8. The zero-order valence-corrected chi connectivity index (χ0v) is 17.1. The Morgan fingerprint density at radius 1 is 1.32 bits per heavy atom. The lowest BCUT2D eigenvalue weighted by Crippen LogP contribution is -2.31. The fourth-order valence-corrected chi connectivity index (χ4v) is 3.94. The van der Waals surface area contributed by atoms with E-state index in [-0.39, 0.29) is 24.3 Å². The Morgan fingerprint density at radius 3 is 2.84 bits per heavy atom. The summed E-state index contributed by atoms with van der Waals surface area (Å²) in [5.41, 5.74) is 7.25. The molecule has 1 unspecified atom stereocenters. The number of imidazole rings is 1. The lowest BCUT2D eigenvalue weighted by Gasteiger charge is -2.24. The van der Waals surface area contributed by atoms with Crippen molar-refractivity contribution in [3.05, 3.63) is 24.3 Å². The number of anilines is 1. The topological polar surface area (TPSA) is 164 Å². The molecule has 2 saturated heterocycles. The van der Waals surface area contributed by atoms with Crippen molar-refractivity contribution in [2.45, 2.75) is 44.2 Å². The first-order valence-corrected chi connectivity index (χ1v) is 9.70. The van der Waals surface area contributed by atoms with E-state index in [1.54, 1.807) is 4.57 Å². The first-order chi connectivity index (χ1) is 14.8. The molecular weight excluding hydrogens is 408 g/mol. The number of nitrogens with zero attached hydrogens (tertiary/aromatic N) is 6. The molecule has 4 N–H and O–H groups in total. The molecule has 3 aromatic rings. The lowest BCUT2D eigenvalue weighted by atomic mass is 10.1. The number of aromatic nitrogens is 6. The second-order valence-corrected chi connectivity index (χ2v) is 7.80. The molecule has 1 amide bonds. The number of aliphatic hydroxyl groups excluding tert-OH is 1. The average Bonchev–Trinajstić information content (AvgIpc) is 3.49. The number of hydrogen-bond donors (Lipinski definition) is 3. The molecule has 0 spiro atoms. The molecule has 5 rings (SSSR count). The highest BCUT2D eigenvalue weighted by Crippen LogP contribution is 2.43. The first kappa shape index (κ1) is 19.8. The number of rotatable bonds is 4. The summed E-state index contributed by atoms with van der Waals surface area (Å²) in [6.07, 6.45) is 2.32. The van der Waals surface area contributed by atoms with Gasteiger partial charge in [-0.05, 0) is 13.8 Å². The minimum absolute atomic E-state index is 0.146. The summed E-state index contributed by atoms with van der Waals surface area (Å²) in [4.78, 5) is 25.0. The van der Waals surface area contributed by atoms with Crippen LogP contribution < -0.4 is 11.1 Å². The Bertz CT molecular complexity index is 1160. The van der Waals surface area contributed by atoms with Crippen molar-refractivity contribution in [2.24, 2.45) is 0 Å². The number of hydrogen-bond acceptors (Lipinski definition) is 10. The van der Waals surface area contributed by atoms with E-state index in [9.17, 15) is 9.90 Å². The van der Waals surface area contributed by atoms with Crippen LogP contribution in [0.15, 0.2) is 18.7 Å². The molecule has 5 heterocycles. The molecule has 3 aromatic heterocycles. The summed E-state index contributed by atoms with van der Waals surface area (Å²) < 4.78 is 21.0. The van der Waals surface area contributed by atoms with Crippen molar-refractivity contribution in [3.63, 3.8) is 0 Å². The molecular formula is C18H22N8O5. The number of carbonyl (C=O) groups is 1. The molecule has 0 aromatic carbocycles. The van der Waals surface area contributed by atoms with Crippen molar-refractivity contribution in [3.8, 4) is 5.95 Å². The van der Waals surface area contributed by atoms with Crippen LogP contribution in [-0.4, -0.2) is 78.1 Å². The van der Waals surface area contributed by atoms with Gasteiger partial charge in [0.2, 0.25) is 0 Å². The highest BCUT2D eigenvalue weighted by molar-refractivity contribution is 5.93. The molecule has 13 heteroatoms. The normalized spacial score (nSPS) is 27.0. The maximum absolute atomic E-state index is 11.8. The lowest BCUT2D eigenvalue weighted by molar-refractivity contribution is -0.199. The number of aliphatic hydroxyl groups is 1. The van der Waals surface area contributed by atoms with Gasteiger partial charge in [-0.3, -0.25) is 9.36 Å². The summed E-state index contributed by atoms with van der Waals surface area (Å²) in [5, 5.41) is 16.4. The van der Waals surface area contributed by atoms with E-state index in [2.05, 4.69) is 25.4 Å². The fourth-order valence-electron chi connectivity index (χ4n) is 3.94. The SMILES string of the molecule is CNC(=O)c1cnn(-c2nc(N)c3ncn([C@@H]4O[C@H](CO)C5OC(C)(C)O[C@@H]54)c3n2)c1. The van der Waals surface area contributed by atoms with Gasteiger partial charge in [-0.15, -0.1) is 0 Å². The fraction of sp³-hybridized carbons (Fsp3) is 0.500. The van der Waals surface area contributed by atoms with Crippen LogP contribution in [0.4, 0.5) is 5.82 Å². The number of carbonyl (C=O) groups excluding carboxylic acids is 1. The van der Waals surface area contributed by atoms with Crippen LogP contribution in [0.2, 0.25) is 0 Å². The van der Waals surface area contributed by atoms with E-state index in [0.717, 1.165) is 0 Å². The van der Waals surface area contributed by atoms with Crippen LogP contribution in [-0.2, 0) is 14.2 Å². The largest absolute Gasteiger partial charge is 0.394 e. The third-order valence-corrected chi connectivity index (χ3v) is 5.29. The number of nitrogens with two attached hydrogens (primary N) is 1. The smallest absolute Gasteiger partial charge is 0.254 e. The van der Waals surface area contributed by atoms with E-state index in [4.69, 9.17) is 19.9 Å². The number of ether oxygens (including phenoxy) is 3.